The summed E-state index contributed by atoms with van der Waals surface area (Å²) in [5.74, 6) is -0.167. The Bertz CT molecular complexity index is 870. The summed E-state index contributed by atoms with van der Waals surface area (Å²) in [7, 11) is 4.12. The third-order valence-electron chi connectivity index (χ3n) is 4.46. The van der Waals surface area contributed by atoms with Crippen LogP contribution < -0.4 is 11.1 Å². The van der Waals surface area contributed by atoms with E-state index in [0.717, 1.165) is 35.2 Å². The number of benzene rings is 2. The maximum Gasteiger partial charge on any atom is 0.241 e. The van der Waals surface area contributed by atoms with Gasteiger partial charge in [-0.05, 0) is 49.7 Å². The molecule has 5 heteroatoms. The Morgan fingerprint density at radius 1 is 1.15 bits per heavy atom. The quantitative estimate of drug-likeness (QED) is 0.689. The fourth-order valence-electron chi connectivity index (χ4n) is 2.96. The second-order valence-electron chi connectivity index (χ2n) is 6.87. The van der Waals surface area contributed by atoms with Crippen LogP contribution in [0.4, 0.5) is 5.69 Å². The molecule has 1 heterocycles. The van der Waals surface area contributed by atoms with Gasteiger partial charge in [0.2, 0.25) is 5.91 Å². The summed E-state index contributed by atoms with van der Waals surface area (Å²) in [5.41, 5.74) is 9.02. The Labute approximate surface area is 154 Å². The predicted molar refractivity (Wildman–Crippen MR) is 107 cm³/mol. The van der Waals surface area contributed by atoms with E-state index in [-0.39, 0.29) is 5.91 Å². The van der Waals surface area contributed by atoms with Crippen LogP contribution in [-0.2, 0) is 17.8 Å². The van der Waals surface area contributed by atoms with E-state index >= 15 is 0 Å². The third kappa shape index (κ3) is 4.50. The number of rotatable bonds is 7. The SMILES string of the molecule is CN(C)CCn1ccc2ccc(NC(=O)C(N)Cc3ccccc3)cc21. The minimum Gasteiger partial charge on any atom is -0.346 e. The lowest BCUT2D eigenvalue weighted by atomic mass is 10.1. The molecule has 26 heavy (non-hydrogen) atoms. The highest BCUT2D eigenvalue weighted by Gasteiger charge is 2.14. The van der Waals surface area contributed by atoms with Crippen molar-refractivity contribution in [2.75, 3.05) is 26.0 Å². The average Bonchev–Trinajstić information content (AvgIpc) is 3.03. The first-order chi connectivity index (χ1) is 12.5. The molecule has 3 rings (SSSR count). The summed E-state index contributed by atoms with van der Waals surface area (Å²) in [6.45, 7) is 1.86. The second-order valence-corrected chi connectivity index (χ2v) is 6.87. The first-order valence-electron chi connectivity index (χ1n) is 8.87. The molecule has 2 aromatic carbocycles. The number of fused-ring (bicyclic) bond motifs is 1. The van der Waals surface area contributed by atoms with E-state index < -0.39 is 6.04 Å². The van der Waals surface area contributed by atoms with Gasteiger partial charge in [0.05, 0.1) is 11.6 Å². The molecule has 136 valence electrons. The largest absolute Gasteiger partial charge is 0.346 e. The Morgan fingerprint density at radius 3 is 2.65 bits per heavy atom. The molecule has 5 nitrogen and oxygen atoms in total. The number of amides is 1. The normalized spacial score (nSPS) is 12.5. The topological polar surface area (TPSA) is 63.3 Å². The number of carbonyl (C=O) groups is 1. The van der Waals surface area contributed by atoms with Crippen molar-refractivity contribution in [1.29, 1.82) is 0 Å². The minimum atomic E-state index is -0.575. The summed E-state index contributed by atoms with van der Waals surface area (Å²) in [6.07, 6.45) is 2.61. The van der Waals surface area contributed by atoms with Crippen LogP contribution in [0.1, 0.15) is 5.56 Å². The molecule has 1 amide bonds. The van der Waals surface area contributed by atoms with Crippen LogP contribution in [0.3, 0.4) is 0 Å². The van der Waals surface area contributed by atoms with Crippen molar-refractivity contribution in [3.63, 3.8) is 0 Å². The summed E-state index contributed by atoms with van der Waals surface area (Å²) in [5, 5.41) is 4.11. The van der Waals surface area contributed by atoms with Crippen molar-refractivity contribution in [2.24, 2.45) is 5.73 Å². The Balaban J connectivity index is 1.69. The molecule has 3 N–H and O–H groups in total. The van der Waals surface area contributed by atoms with Crippen molar-refractivity contribution in [1.82, 2.24) is 9.47 Å². The summed E-state index contributed by atoms with van der Waals surface area (Å²) in [6, 6.07) is 17.3. The van der Waals surface area contributed by atoms with Crippen molar-refractivity contribution < 1.29 is 4.79 Å². The summed E-state index contributed by atoms with van der Waals surface area (Å²) < 4.78 is 2.20. The number of hydrogen-bond donors (Lipinski definition) is 2. The molecule has 0 spiro atoms. The first-order valence-corrected chi connectivity index (χ1v) is 8.87. The van der Waals surface area contributed by atoms with Crippen LogP contribution in [0.15, 0.2) is 60.8 Å². The van der Waals surface area contributed by atoms with Gasteiger partial charge < -0.3 is 20.5 Å². The number of nitrogens with zero attached hydrogens (tertiary/aromatic N) is 2. The van der Waals surface area contributed by atoms with Gasteiger partial charge in [-0.2, -0.15) is 0 Å². The number of likely N-dealkylation sites (N-methyl/N-ethyl adjacent to an activating group) is 1. The Morgan fingerprint density at radius 2 is 1.92 bits per heavy atom. The molecule has 0 saturated carbocycles. The number of nitrogens with two attached hydrogens (primary N) is 1. The van der Waals surface area contributed by atoms with E-state index in [9.17, 15) is 4.79 Å². The average molecular weight is 350 g/mol. The molecule has 0 fully saturated rings. The van der Waals surface area contributed by atoms with Gasteiger partial charge in [0.1, 0.15) is 0 Å². The lowest BCUT2D eigenvalue weighted by molar-refractivity contribution is -0.117. The highest BCUT2D eigenvalue weighted by atomic mass is 16.2. The Kier molecular flexibility index (Phi) is 5.71. The van der Waals surface area contributed by atoms with Crippen LogP contribution in [0.5, 0.6) is 0 Å². The van der Waals surface area contributed by atoms with Crippen molar-refractivity contribution in [3.8, 4) is 0 Å². The van der Waals surface area contributed by atoms with Gasteiger partial charge in [-0.1, -0.05) is 36.4 Å². The van der Waals surface area contributed by atoms with Crippen LogP contribution in [0.25, 0.3) is 10.9 Å². The first kappa shape index (κ1) is 18.2. The standard InChI is InChI=1S/C21H26N4O/c1-24(2)12-13-25-11-10-17-8-9-18(15-20(17)25)23-21(26)19(22)14-16-6-4-3-5-7-16/h3-11,15,19H,12-14,22H2,1-2H3,(H,23,26). The molecular weight excluding hydrogens is 324 g/mol. The third-order valence-corrected chi connectivity index (χ3v) is 4.46. The van der Waals surface area contributed by atoms with E-state index in [0.29, 0.717) is 6.42 Å². The van der Waals surface area contributed by atoms with Crippen LogP contribution >= 0.6 is 0 Å². The maximum absolute atomic E-state index is 12.4. The molecule has 1 unspecified atom stereocenters. The van der Waals surface area contributed by atoms with Gasteiger partial charge in [0.15, 0.2) is 0 Å². The van der Waals surface area contributed by atoms with E-state index in [2.05, 4.69) is 41.1 Å². The zero-order valence-electron chi connectivity index (χ0n) is 15.4. The molecule has 0 aliphatic carbocycles. The summed E-state index contributed by atoms with van der Waals surface area (Å²) >= 11 is 0. The smallest absolute Gasteiger partial charge is 0.241 e. The highest BCUT2D eigenvalue weighted by Crippen LogP contribution is 2.21. The van der Waals surface area contributed by atoms with Gasteiger partial charge in [-0.15, -0.1) is 0 Å². The van der Waals surface area contributed by atoms with Crippen molar-refractivity contribution >= 4 is 22.5 Å². The molecule has 0 aliphatic rings. The van der Waals surface area contributed by atoms with E-state index in [1.807, 2.05) is 48.5 Å². The van der Waals surface area contributed by atoms with E-state index in [4.69, 9.17) is 5.73 Å². The number of hydrogen-bond acceptors (Lipinski definition) is 3. The monoisotopic (exact) mass is 350 g/mol. The van der Waals surface area contributed by atoms with Gasteiger partial charge in [-0.25, -0.2) is 0 Å². The van der Waals surface area contributed by atoms with Gasteiger partial charge in [-0.3, -0.25) is 4.79 Å². The van der Waals surface area contributed by atoms with E-state index in [1.54, 1.807) is 0 Å². The highest BCUT2D eigenvalue weighted by molar-refractivity contribution is 5.96. The fourth-order valence-corrected chi connectivity index (χ4v) is 2.96. The number of nitrogens with one attached hydrogen (secondary N) is 1. The molecule has 3 aromatic rings. The molecule has 1 aromatic heterocycles. The van der Waals surface area contributed by atoms with Gasteiger partial charge in [0, 0.05) is 25.0 Å². The van der Waals surface area contributed by atoms with Gasteiger partial charge >= 0.3 is 0 Å². The molecule has 0 bridgehead atoms. The van der Waals surface area contributed by atoms with Gasteiger partial charge in [0.25, 0.3) is 0 Å². The van der Waals surface area contributed by atoms with Crippen molar-refractivity contribution in [3.05, 3.63) is 66.4 Å². The van der Waals surface area contributed by atoms with Crippen LogP contribution in [0, 0.1) is 0 Å². The fraction of sp³-hybridized carbons (Fsp3) is 0.286. The van der Waals surface area contributed by atoms with E-state index in [1.165, 1.54) is 0 Å². The number of carbonyl (C=O) groups excluding carboxylic acids is 1. The molecule has 0 saturated heterocycles. The molecule has 1 atom stereocenters. The summed E-state index contributed by atoms with van der Waals surface area (Å²) in [4.78, 5) is 14.6. The lowest BCUT2D eigenvalue weighted by Crippen LogP contribution is -2.37. The Hall–Kier alpha value is -2.63. The maximum atomic E-state index is 12.4. The van der Waals surface area contributed by atoms with Crippen LogP contribution in [-0.4, -0.2) is 42.1 Å². The second kappa shape index (κ2) is 8.17. The number of anilines is 1. The zero-order chi connectivity index (χ0) is 18.5. The lowest BCUT2D eigenvalue weighted by Gasteiger charge is -2.14. The van der Waals surface area contributed by atoms with Crippen LogP contribution in [0.2, 0.25) is 0 Å². The minimum absolute atomic E-state index is 0.167. The molecule has 0 radical (unpaired) electrons. The predicted octanol–water partition coefficient (Wildman–Crippen LogP) is 2.71. The van der Waals surface area contributed by atoms with Crippen molar-refractivity contribution in [2.45, 2.75) is 19.0 Å². The molecule has 0 aliphatic heterocycles. The zero-order valence-corrected chi connectivity index (χ0v) is 15.4. The molecular formula is C21H26N4O. The number of aromatic nitrogens is 1.